The fourth-order valence-electron chi connectivity index (χ4n) is 6.50. The van der Waals surface area contributed by atoms with E-state index in [4.69, 9.17) is 13.1 Å². The molecule has 6 heteroatoms. The Morgan fingerprint density at radius 2 is 1.00 bits per heavy atom. The topological polar surface area (TPSA) is 82.1 Å². The first kappa shape index (κ1) is 24.7. The van der Waals surface area contributed by atoms with E-state index in [-0.39, 0.29) is 11.4 Å². The van der Waals surface area contributed by atoms with Gasteiger partial charge in [-0.05, 0) is 81.6 Å². The van der Waals surface area contributed by atoms with Gasteiger partial charge in [-0.2, -0.15) is 0 Å². The van der Waals surface area contributed by atoms with Crippen LogP contribution in [0.3, 0.4) is 0 Å². The summed E-state index contributed by atoms with van der Waals surface area (Å²) in [6.45, 7) is 15.9. The average Bonchev–Trinajstić information content (AvgIpc) is 3.63. The molecule has 0 amide bonds. The Balaban J connectivity index is 1.66. The van der Waals surface area contributed by atoms with Crippen LogP contribution in [0.25, 0.3) is 65.9 Å². The number of aromatic nitrogens is 2. The number of hydrogen-bond donors (Lipinski definition) is 0. The lowest BCUT2D eigenvalue weighted by Gasteiger charge is -2.13. The summed E-state index contributed by atoms with van der Waals surface area (Å²) < 4.78 is 0. The molecule has 42 heavy (non-hydrogen) atoms. The highest BCUT2D eigenvalue weighted by atomic mass is 14.7. The summed E-state index contributed by atoms with van der Waals surface area (Å²) >= 11 is 0. The third-order valence-corrected chi connectivity index (χ3v) is 8.10. The molecule has 0 saturated heterocycles. The number of hydrogen-bond acceptors (Lipinski definition) is 4. The average molecular weight is 535 g/mol. The Morgan fingerprint density at radius 1 is 0.571 bits per heavy atom. The molecule has 2 heterocycles. The number of nitriles is 2. The van der Waals surface area contributed by atoms with Crippen molar-refractivity contribution in [3.63, 3.8) is 0 Å². The molecule has 0 N–H and O–H groups in total. The van der Waals surface area contributed by atoms with Crippen molar-refractivity contribution >= 4 is 11.4 Å². The van der Waals surface area contributed by atoms with E-state index in [0.29, 0.717) is 23.3 Å². The van der Waals surface area contributed by atoms with Crippen molar-refractivity contribution in [3.05, 3.63) is 141 Å². The quantitative estimate of drug-likeness (QED) is 0.253. The number of pyridine rings is 2. The SMILES string of the molecule is [C-]#[N+]/C(C#N)=c1/c2c(/c(=C(\C#N)[N+]#[C-])c3c1-c1cccc(-c4ccccn4)c1C3)-c1cccc(-c3ccccn3)c1C2. The monoisotopic (exact) mass is 534 g/mol. The van der Waals surface area contributed by atoms with Crippen LogP contribution in [-0.2, 0) is 12.8 Å². The predicted octanol–water partition coefficient (Wildman–Crippen LogP) is 6.06. The van der Waals surface area contributed by atoms with Gasteiger partial charge < -0.3 is 0 Å². The predicted molar refractivity (Wildman–Crippen MR) is 160 cm³/mol. The Kier molecular flexibility index (Phi) is 5.69. The van der Waals surface area contributed by atoms with Gasteiger partial charge in [0, 0.05) is 34.0 Å². The summed E-state index contributed by atoms with van der Waals surface area (Å²) in [5.74, 6) is 0. The molecule has 0 spiro atoms. The number of rotatable bonds is 2. The minimum Gasteiger partial charge on any atom is -0.256 e. The van der Waals surface area contributed by atoms with Crippen molar-refractivity contribution in [1.29, 1.82) is 10.5 Å². The standard InChI is InChI=1S/C36H18N6/c1-39-31(19-37)35-27-17-25-21(29-13-3-5-15-41-29)10-8-12-24(25)34(27)36(32(20-38)40-2)28-18-26-22(30-14-4-6-16-42-30)9-7-11-23(26)33(28)35/h3-16H,17-18H2/b35-31-,36-32+. The van der Waals surface area contributed by atoms with Crippen molar-refractivity contribution in [2.24, 2.45) is 0 Å². The molecule has 0 radical (unpaired) electrons. The van der Waals surface area contributed by atoms with Crippen LogP contribution in [0.1, 0.15) is 22.3 Å². The smallest absolute Gasteiger partial charge is 0.256 e. The molecule has 0 bridgehead atoms. The van der Waals surface area contributed by atoms with Crippen molar-refractivity contribution in [2.75, 3.05) is 0 Å². The van der Waals surface area contributed by atoms with Gasteiger partial charge in [-0.25, -0.2) is 20.2 Å². The van der Waals surface area contributed by atoms with Crippen LogP contribution < -0.4 is 10.4 Å². The molecule has 0 unspecified atom stereocenters. The van der Waals surface area contributed by atoms with E-state index >= 15 is 0 Å². The molecule has 2 aliphatic rings. The van der Waals surface area contributed by atoms with Gasteiger partial charge >= 0.3 is 0 Å². The molecule has 2 aromatic heterocycles. The van der Waals surface area contributed by atoms with Crippen molar-refractivity contribution in [3.8, 4) is 56.9 Å². The van der Waals surface area contributed by atoms with Crippen LogP contribution in [0.5, 0.6) is 0 Å². The van der Waals surface area contributed by atoms with Crippen molar-refractivity contribution < 1.29 is 0 Å². The van der Waals surface area contributed by atoms with Gasteiger partial charge in [0.2, 0.25) is 0 Å². The molecule has 7 rings (SSSR count). The highest BCUT2D eigenvalue weighted by molar-refractivity contribution is 5.95. The maximum absolute atomic E-state index is 10.2. The molecule has 2 aliphatic carbocycles. The zero-order valence-corrected chi connectivity index (χ0v) is 22.2. The molecule has 0 saturated carbocycles. The van der Waals surface area contributed by atoms with Crippen LogP contribution in [0, 0.1) is 35.8 Å². The van der Waals surface area contributed by atoms with Crippen LogP contribution in [-0.4, -0.2) is 9.97 Å². The van der Waals surface area contributed by atoms with E-state index < -0.39 is 0 Å². The Bertz CT molecular complexity index is 2080. The maximum atomic E-state index is 10.2. The van der Waals surface area contributed by atoms with E-state index in [1.54, 1.807) is 12.4 Å². The highest BCUT2D eigenvalue weighted by Crippen LogP contribution is 2.44. The Hall–Kier alpha value is -6.34. The van der Waals surface area contributed by atoms with E-state index in [0.717, 1.165) is 67.0 Å². The lowest BCUT2D eigenvalue weighted by molar-refractivity contribution is 1.19. The molecular formula is C36H18N6. The second-order valence-electron chi connectivity index (χ2n) is 10.0. The Labute approximate surface area is 242 Å². The first-order valence-corrected chi connectivity index (χ1v) is 13.3. The molecule has 192 valence electrons. The lowest BCUT2D eigenvalue weighted by Crippen LogP contribution is -2.25. The normalized spacial score (nSPS) is 13.2. The summed E-state index contributed by atoms with van der Waals surface area (Å²) in [5, 5.41) is 21.6. The van der Waals surface area contributed by atoms with Crippen LogP contribution in [0.2, 0.25) is 0 Å². The molecule has 0 atom stereocenters. The zero-order valence-electron chi connectivity index (χ0n) is 22.2. The molecular weight excluding hydrogens is 516 g/mol. The van der Waals surface area contributed by atoms with Crippen LogP contribution >= 0.6 is 0 Å². The highest BCUT2D eigenvalue weighted by Gasteiger charge is 2.33. The van der Waals surface area contributed by atoms with Gasteiger partial charge in [0.05, 0.1) is 36.7 Å². The fraction of sp³-hybridized carbons (Fsp3) is 0.0556. The fourth-order valence-corrected chi connectivity index (χ4v) is 6.50. The minimum atomic E-state index is -0.00125. The number of fused-ring (bicyclic) bond motifs is 6. The molecule has 3 aromatic carbocycles. The molecule has 5 aromatic rings. The van der Waals surface area contributed by atoms with Gasteiger partial charge in [-0.3, -0.25) is 9.97 Å². The van der Waals surface area contributed by atoms with Crippen LogP contribution in [0.15, 0.2) is 85.2 Å². The van der Waals surface area contributed by atoms with Crippen LogP contribution in [0.4, 0.5) is 0 Å². The second-order valence-corrected chi connectivity index (χ2v) is 10.0. The molecule has 0 fully saturated rings. The summed E-state index contributed by atoms with van der Waals surface area (Å²) in [7, 11) is 0. The summed E-state index contributed by atoms with van der Waals surface area (Å²) in [5.41, 5.74) is 10.4. The zero-order chi connectivity index (χ0) is 28.8. The van der Waals surface area contributed by atoms with E-state index in [2.05, 4.69) is 31.8 Å². The van der Waals surface area contributed by atoms with Gasteiger partial charge in [0.15, 0.2) is 0 Å². The third-order valence-electron chi connectivity index (χ3n) is 8.10. The lowest BCUT2D eigenvalue weighted by atomic mass is 9.90. The molecule has 0 aliphatic heterocycles. The second kappa shape index (κ2) is 9.69. The van der Waals surface area contributed by atoms with E-state index in [1.165, 1.54) is 0 Å². The van der Waals surface area contributed by atoms with Gasteiger partial charge in [0.25, 0.3) is 11.4 Å². The Morgan fingerprint density at radius 3 is 1.36 bits per heavy atom. The first-order valence-electron chi connectivity index (χ1n) is 13.3. The third kappa shape index (κ3) is 3.47. The van der Waals surface area contributed by atoms with E-state index in [9.17, 15) is 10.5 Å². The number of nitrogens with zero attached hydrogens (tertiary/aromatic N) is 6. The summed E-state index contributed by atoms with van der Waals surface area (Å²) in [4.78, 5) is 16.5. The van der Waals surface area contributed by atoms with Gasteiger partial charge in [0.1, 0.15) is 0 Å². The summed E-state index contributed by atoms with van der Waals surface area (Å²) in [6, 6.07) is 27.8. The maximum Gasteiger partial charge on any atom is 0.269 e. The van der Waals surface area contributed by atoms with Gasteiger partial charge in [-0.1, -0.05) is 48.5 Å². The number of benzene rings is 3. The van der Waals surface area contributed by atoms with Gasteiger partial charge in [-0.15, -0.1) is 0 Å². The van der Waals surface area contributed by atoms with Crippen molar-refractivity contribution in [1.82, 2.24) is 9.97 Å². The summed E-state index contributed by atoms with van der Waals surface area (Å²) in [6.07, 6.45) is 4.39. The van der Waals surface area contributed by atoms with Crippen molar-refractivity contribution in [2.45, 2.75) is 12.8 Å². The largest absolute Gasteiger partial charge is 0.269 e. The molecule has 6 nitrogen and oxygen atoms in total. The minimum absolute atomic E-state index is 0.00125. The first-order chi connectivity index (χ1) is 20.7. The van der Waals surface area contributed by atoms with E-state index in [1.807, 2.05) is 72.8 Å².